The molecule has 3 aromatic rings. The van der Waals surface area contributed by atoms with Crippen LogP contribution in [-0.4, -0.2) is 54.9 Å². The average Bonchev–Trinajstić information content (AvgIpc) is 3.70. The number of anilines is 1. The Morgan fingerprint density at radius 1 is 1.33 bits per heavy atom. The second-order valence-electron chi connectivity index (χ2n) is 10.9. The van der Waals surface area contributed by atoms with Crippen LogP contribution >= 0.6 is 8.53 Å². The number of aromatic nitrogens is 4. The number of carbonyl (C=O) groups excluding carboxylic acids is 1. The average molecular weight is 555 g/mol. The van der Waals surface area contributed by atoms with Gasteiger partial charge < -0.3 is 13.8 Å². The van der Waals surface area contributed by atoms with Gasteiger partial charge in [-0.3, -0.25) is 24.5 Å². The number of amides is 1. The van der Waals surface area contributed by atoms with E-state index in [0.29, 0.717) is 12.1 Å². The molecule has 12 heteroatoms. The van der Waals surface area contributed by atoms with Crippen LogP contribution < -0.4 is 10.9 Å². The monoisotopic (exact) mass is 554 g/mol. The zero-order valence-electron chi connectivity index (χ0n) is 22.7. The van der Waals surface area contributed by atoms with Gasteiger partial charge in [-0.15, -0.1) is 0 Å². The predicted molar refractivity (Wildman–Crippen MR) is 147 cm³/mol. The molecule has 1 aromatic carbocycles. The van der Waals surface area contributed by atoms with Crippen molar-refractivity contribution in [1.29, 1.82) is 0 Å². The van der Waals surface area contributed by atoms with E-state index in [-0.39, 0.29) is 41.5 Å². The van der Waals surface area contributed by atoms with Gasteiger partial charge in [-0.2, -0.15) is 4.98 Å². The number of nitrogens with zero attached hydrogens (tertiary/aromatic N) is 4. The predicted octanol–water partition coefficient (Wildman–Crippen LogP) is 4.43. The molecule has 1 unspecified atom stereocenters. The van der Waals surface area contributed by atoms with E-state index >= 15 is 0 Å². The van der Waals surface area contributed by atoms with E-state index in [2.05, 4.69) is 63.1 Å². The van der Waals surface area contributed by atoms with Crippen molar-refractivity contribution in [3.63, 3.8) is 0 Å². The largest absolute Gasteiger partial charge is 0.352 e. The van der Waals surface area contributed by atoms with Gasteiger partial charge in [-0.1, -0.05) is 51.1 Å². The van der Waals surface area contributed by atoms with Crippen LogP contribution in [0.1, 0.15) is 65.2 Å². The topological polar surface area (TPSA) is 124 Å². The van der Waals surface area contributed by atoms with Gasteiger partial charge in [0.25, 0.3) is 14.1 Å². The molecule has 6 atom stereocenters. The molecule has 2 N–H and O–H groups in total. The molecule has 6 rings (SSSR count). The second kappa shape index (κ2) is 10.4. The zero-order chi connectivity index (χ0) is 27.3. The zero-order valence-corrected chi connectivity index (χ0v) is 23.6. The van der Waals surface area contributed by atoms with Crippen LogP contribution in [-0.2, 0) is 24.2 Å². The van der Waals surface area contributed by atoms with E-state index in [1.54, 1.807) is 24.7 Å². The Morgan fingerprint density at radius 3 is 2.87 bits per heavy atom. The number of hydrogen-bond acceptors (Lipinski definition) is 8. The summed E-state index contributed by atoms with van der Waals surface area (Å²) in [5, 5.41) is 2.67. The van der Waals surface area contributed by atoms with Crippen LogP contribution in [0.5, 0.6) is 0 Å². The Labute approximate surface area is 228 Å². The first-order valence-electron chi connectivity index (χ1n) is 13.7. The summed E-state index contributed by atoms with van der Waals surface area (Å²) in [6.07, 6.45) is 4.34. The molecule has 0 bridgehead atoms. The van der Waals surface area contributed by atoms with E-state index in [1.165, 1.54) is 5.56 Å². The number of hydrogen-bond donors (Lipinski definition) is 2. The minimum atomic E-state index is -1.27. The molecule has 3 aliphatic heterocycles. The van der Waals surface area contributed by atoms with Crippen molar-refractivity contribution in [2.24, 2.45) is 5.92 Å². The van der Waals surface area contributed by atoms with Gasteiger partial charge in [0.2, 0.25) is 11.9 Å². The lowest BCUT2D eigenvalue weighted by molar-refractivity contribution is -0.118. The second-order valence-corrected chi connectivity index (χ2v) is 12.3. The Kier molecular flexibility index (Phi) is 7.05. The summed E-state index contributed by atoms with van der Waals surface area (Å²) in [6, 6.07) is 10.7. The highest BCUT2D eigenvalue weighted by molar-refractivity contribution is 7.45. The Bertz CT molecular complexity index is 1410. The van der Waals surface area contributed by atoms with Crippen LogP contribution in [0, 0.1) is 5.92 Å². The molecule has 1 amide bonds. The summed E-state index contributed by atoms with van der Waals surface area (Å²) in [7, 11) is -1.27. The van der Waals surface area contributed by atoms with Crippen LogP contribution in [0.25, 0.3) is 11.2 Å². The molecule has 0 spiro atoms. The van der Waals surface area contributed by atoms with Crippen LogP contribution in [0.4, 0.5) is 5.95 Å². The molecule has 2 aromatic heterocycles. The number of imidazole rings is 1. The van der Waals surface area contributed by atoms with Gasteiger partial charge in [0, 0.05) is 18.9 Å². The highest BCUT2D eigenvalue weighted by atomic mass is 31.2. The Morgan fingerprint density at radius 2 is 2.13 bits per heavy atom. The molecule has 208 valence electrons. The van der Waals surface area contributed by atoms with Crippen molar-refractivity contribution >= 4 is 31.5 Å². The third kappa shape index (κ3) is 4.70. The molecule has 39 heavy (non-hydrogen) atoms. The maximum absolute atomic E-state index is 12.7. The Balaban J connectivity index is 1.23. The number of aromatic amines is 1. The molecule has 3 fully saturated rings. The fourth-order valence-electron chi connectivity index (χ4n) is 5.80. The van der Waals surface area contributed by atoms with Crippen LogP contribution in [0.2, 0.25) is 0 Å². The lowest BCUT2D eigenvalue weighted by Gasteiger charge is -2.29. The first kappa shape index (κ1) is 26.5. The Hall–Kier alpha value is -2.69. The lowest BCUT2D eigenvalue weighted by Crippen LogP contribution is -2.36. The number of carbonyl (C=O) groups is 1. The van der Waals surface area contributed by atoms with Gasteiger partial charge >= 0.3 is 0 Å². The minimum absolute atomic E-state index is 0.0915. The van der Waals surface area contributed by atoms with Crippen molar-refractivity contribution in [3.05, 3.63) is 52.6 Å². The van der Waals surface area contributed by atoms with E-state index < -0.39 is 25.9 Å². The van der Waals surface area contributed by atoms with E-state index in [4.69, 9.17) is 13.8 Å². The summed E-state index contributed by atoms with van der Waals surface area (Å²) in [4.78, 5) is 36.3. The third-order valence-corrected chi connectivity index (χ3v) is 9.89. The molecule has 0 radical (unpaired) electrons. The summed E-state index contributed by atoms with van der Waals surface area (Å²) < 4.78 is 24.1. The molecule has 3 aliphatic rings. The number of H-pyrrole nitrogens is 1. The molecule has 3 saturated heterocycles. The first-order valence-corrected chi connectivity index (χ1v) is 14.8. The van der Waals surface area contributed by atoms with E-state index in [1.807, 2.05) is 6.07 Å². The first-order chi connectivity index (χ1) is 18.8. The molecular formula is C27H35N6O5P. The number of rotatable bonds is 7. The highest BCUT2D eigenvalue weighted by Crippen LogP contribution is 2.64. The van der Waals surface area contributed by atoms with Crippen molar-refractivity contribution < 1.29 is 18.6 Å². The van der Waals surface area contributed by atoms with Crippen molar-refractivity contribution in [2.75, 3.05) is 11.9 Å². The van der Waals surface area contributed by atoms with Gasteiger partial charge in [0.05, 0.1) is 24.6 Å². The summed E-state index contributed by atoms with van der Waals surface area (Å²) in [5.74, 6) is -0.397. The van der Waals surface area contributed by atoms with Gasteiger partial charge in [-0.25, -0.2) is 9.65 Å². The molecule has 5 heterocycles. The smallest absolute Gasteiger partial charge is 0.280 e. The molecule has 11 nitrogen and oxygen atoms in total. The summed E-state index contributed by atoms with van der Waals surface area (Å²) in [6.45, 7) is 8.76. The quantitative estimate of drug-likeness (QED) is 0.411. The highest BCUT2D eigenvalue weighted by Gasteiger charge is 2.56. The number of benzene rings is 1. The van der Waals surface area contributed by atoms with E-state index in [9.17, 15) is 9.59 Å². The summed E-state index contributed by atoms with van der Waals surface area (Å²) >= 11 is 0. The number of nitrogens with one attached hydrogen (secondary N) is 2. The van der Waals surface area contributed by atoms with Crippen LogP contribution in [0.3, 0.4) is 0 Å². The lowest BCUT2D eigenvalue weighted by atomic mass is 9.87. The third-order valence-electron chi connectivity index (χ3n) is 8.00. The molecular weight excluding hydrogens is 519 g/mol. The van der Waals surface area contributed by atoms with Crippen LogP contribution in [0.15, 0.2) is 41.5 Å². The van der Waals surface area contributed by atoms with Gasteiger partial charge in [0.1, 0.15) is 11.8 Å². The van der Waals surface area contributed by atoms with Gasteiger partial charge in [0.15, 0.2) is 11.2 Å². The fraction of sp³-hybridized carbons (Fsp3) is 0.556. The SMILES string of the molecule is CC[C@H]1O[C@@H](n2cnc3c(=O)[nH]c(NC(=O)C(C)C)nc32)CC1O[P@@]1O[C@@](C)(c2ccccc2)[C@H]2CCCN21. The maximum atomic E-state index is 12.7. The van der Waals surface area contributed by atoms with E-state index in [0.717, 1.165) is 25.8 Å². The van der Waals surface area contributed by atoms with Gasteiger partial charge in [-0.05, 0) is 31.7 Å². The minimum Gasteiger partial charge on any atom is -0.352 e. The summed E-state index contributed by atoms with van der Waals surface area (Å²) in [5.41, 5.74) is 0.883. The molecule has 0 saturated carbocycles. The fourth-order valence-corrected chi connectivity index (χ4v) is 7.94. The van der Waals surface area contributed by atoms with Crippen molar-refractivity contribution in [2.45, 2.75) is 83.5 Å². The normalized spacial score (nSPS) is 30.8. The molecule has 0 aliphatic carbocycles. The number of ether oxygens (including phenoxy) is 1. The maximum Gasteiger partial charge on any atom is 0.280 e. The standard InChI is InChI=1S/C27H35N6O5P/c1-5-18-19(37-39-33-13-9-12-20(33)27(4,38-39)17-10-7-6-8-11-17)14-21(36-18)32-15-28-22-23(32)29-26(31-25(22)35)30-24(34)16(2)3/h6-8,10-11,15-16,18-21H,5,9,12-14H2,1-4H3,(H2,29,30,31,34,35)/t18-,19?,20-,21-,27+,39+/m1/s1. The van der Waals surface area contributed by atoms with Crippen molar-refractivity contribution in [1.82, 2.24) is 24.2 Å². The van der Waals surface area contributed by atoms with Crippen molar-refractivity contribution in [3.8, 4) is 0 Å². The number of fused-ring (bicyclic) bond motifs is 2.